The molecular formula is C17H22N6O2. The molecule has 0 aromatic carbocycles. The average molecular weight is 342 g/mol. The van der Waals surface area contributed by atoms with E-state index in [0.29, 0.717) is 12.3 Å². The highest BCUT2D eigenvalue weighted by molar-refractivity contribution is 5.68. The number of carboxylic acids is 1. The van der Waals surface area contributed by atoms with Crippen LogP contribution < -0.4 is 10.6 Å². The summed E-state index contributed by atoms with van der Waals surface area (Å²) in [7, 11) is 0. The summed E-state index contributed by atoms with van der Waals surface area (Å²) < 4.78 is 0. The van der Waals surface area contributed by atoms with Gasteiger partial charge in [-0.15, -0.1) is 0 Å². The number of aliphatic carboxylic acids is 1. The summed E-state index contributed by atoms with van der Waals surface area (Å²) in [4.78, 5) is 30.2. The number of aromatic nitrogens is 4. The van der Waals surface area contributed by atoms with Crippen molar-refractivity contribution in [1.29, 1.82) is 0 Å². The lowest BCUT2D eigenvalue weighted by atomic mass is 9.94. The standard InChI is InChI=1S/C17H22N6O2/c1-11-13(4-5-15(24)25)16(22-17(18)21-11)23-8-2-3-12(9-23)14-6-7-19-10-20-14/h6-7,10,12H,2-5,8-9H2,1H3,(H,24,25)(H2,18,21,22). The molecule has 8 nitrogen and oxygen atoms in total. The Kier molecular flexibility index (Phi) is 5.06. The fraction of sp³-hybridized carbons (Fsp3) is 0.471. The van der Waals surface area contributed by atoms with Crippen LogP contribution in [0.15, 0.2) is 18.6 Å². The first-order valence-corrected chi connectivity index (χ1v) is 8.40. The van der Waals surface area contributed by atoms with Crippen molar-refractivity contribution in [1.82, 2.24) is 19.9 Å². The van der Waals surface area contributed by atoms with Gasteiger partial charge < -0.3 is 15.7 Å². The van der Waals surface area contributed by atoms with Crippen molar-refractivity contribution in [2.24, 2.45) is 0 Å². The van der Waals surface area contributed by atoms with Gasteiger partial charge in [0.1, 0.15) is 12.1 Å². The van der Waals surface area contributed by atoms with E-state index in [1.54, 1.807) is 12.5 Å². The Morgan fingerprint density at radius 3 is 3.00 bits per heavy atom. The van der Waals surface area contributed by atoms with Gasteiger partial charge >= 0.3 is 5.97 Å². The van der Waals surface area contributed by atoms with Gasteiger partial charge in [0.05, 0.1) is 0 Å². The first-order chi connectivity index (χ1) is 12.0. The maximum atomic E-state index is 11.0. The number of anilines is 2. The van der Waals surface area contributed by atoms with Crippen LogP contribution in [0.1, 0.15) is 42.1 Å². The van der Waals surface area contributed by atoms with Gasteiger partial charge in [0.15, 0.2) is 0 Å². The Morgan fingerprint density at radius 2 is 2.28 bits per heavy atom. The topological polar surface area (TPSA) is 118 Å². The summed E-state index contributed by atoms with van der Waals surface area (Å²) in [5.74, 6) is 0.431. The molecule has 25 heavy (non-hydrogen) atoms. The molecular weight excluding hydrogens is 320 g/mol. The largest absolute Gasteiger partial charge is 0.481 e. The van der Waals surface area contributed by atoms with Gasteiger partial charge in [-0.25, -0.2) is 15.0 Å². The molecule has 0 saturated carbocycles. The number of hydrogen-bond acceptors (Lipinski definition) is 7. The molecule has 1 aliphatic rings. The molecule has 0 spiro atoms. The molecule has 3 heterocycles. The van der Waals surface area contributed by atoms with Crippen LogP contribution in [0, 0.1) is 6.92 Å². The van der Waals surface area contributed by atoms with Crippen LogP contribution in [0.2, 0.25) is 0 Å². The summed E-state index contributed by atoms with van der Waals surface area (Å²) in [6.45, 7) is 3.48. The van der Waals surface area contributed by atoms with Gasteiger partial charge in [0, 0.05) is 48.6 Å². The first-order valence-electron chi connectivity index (χ1n) is 8.40. The molecule has 1 unspecified atom stereocenters. The van der Waals surface area contributed by atoms with Crippen molar-refractivity contribution in [3.8, 4) is 0 Å². The Hall–Kier alpha value is -2.77. The Labute approximate surface area is 146 Å². The molecule has 8 heteroatoms. The van der Waals surface area contributed by atoms with Crippen LogP contribution >= 0.6 is 0 Å². The summed E-state index contributed by atoms with van der Waals surface area (Å²) in [6.07, 6.45) is 5.83. The predicted octanol–water partition coefficient (Wildman–Crippen LogP) is 1.56. The number of hydrogen-bond donors (Lipinski definition) is 2. The van der Waals surface area contributed by atoms with E-state index in [-0.39, 0.29) is 12.4 Å². The Balaban J connectivity index is 1.88. The molecule has 3 N–H and O–H groups in total. The second-order valence-corrected chi connectivity index (χ2v) is 6.28. The number of carbonyl (C=O) groups is 1. The van der Waals surface area contributed by atoms with Gasteiger partial charge in [0.2, 0.25) is 5.95 Å². The maximum Gasteiger partial charge on any atom is 0.303 e. The van der Waals surface area contributed by atoms with Gasteiger partial charge in [0.25, 0.3) is 0 Å². The maximum absolute atomic E-state index is 11.0. The summed E-state index contributed by atoms with van der Waals surface area (Å²) >= 11 is 0. The van der Waals surface area contributed by atoms with E-state index < -0.39 is 5.97 Å². The third-order valence-corrected chi connectivity index (χ3v) is 4.54. The SMILES string of the molecule is Cc1nc(N)nc(N2CCCC(c3ccncn3)C2)c1CCC(=O)O. The lowest BCUT2D eigenvalue weighted by Crippen LogP contribution is -2.36. The normalized spacial score (nSPS) is 17.5. The second-order valence-electron chi connectivity index (χ2n) is 6.28. The van der Waals surface area contributed by atoms with E-state index in [1.807, 2.05) is 13.0 Å². The van der Waals surface area contributed by atoms with Crippen molar-refractivity contribution in [3.63, 3.8) is 0 Å². The fourth-order valence-electron chi connectivity index (χ4n) is 3.34. The zero-order valence-corrected chi connectivity index (χ0v) is 14.2. The average Bonchev–Trinajstić information content (AvgIpc) is 2.61. The van der Waals surface area contributed by atoms with Crippen molar-refractivity contribution in [2.45, 2.75) is 38.5 Å². The second kappa shape index (κ2) is 7.42. The van der Waals surface area contributed by atoms with Crippen LogP contribution in [0.3, 0.4) is 0 Å². The number of piperidine rings is 1. The van der Waals surface area contributed by atoms with Gasteiger partial charge in [-0.05, 0) is 32.3 Å². The van der Waals surface area contributed by atoms with Crippen molar-refractivity contribution in [3.05, 3.63) is 35.5 Å². The van der Waals surface area contributed by atoms with Gasteiger partial charge in [-0.2, -0.15) is 4.98 Å². The number of aryl methyl sites for hydroxylation is 1. The van der Waals surface area contributed by atoms with E-state index in [9.17, 15) is 4.79 Å². The first kappa shape index (κ1) is 17.1. The predicted molar refractivity (Wildman–Crippen MR) is 93.4 cm³/mol. The molecule has 2 aromatic rings. The number of carboxylic acid groups (broad SMARTS) is 1. The van der Waals surface area contributed by atoms with Crippen LogP contribution in [-0.4, -0.2) is 44.1 Å². The third-order valence-electron chi connectivity index (χ3n) is 4.54. The molecule has 1 saturated heterocycles. The third kappa shape index (κ3) is 4.01. The van der Waals surface area contributed by atoms with E-state index in [4.69, 9.17) is 10.8 Å². The minimum Gasteiger partial charge on any atom is -0.481 e. The van der Waals surface area contributed by atoms with Gasteiger partial charge in [-0.3, -0.25) is 4.79 Å². The zero-order valence-electron chi connectivity index (χ0n) is 14.2. The van der Waals surface area contributed by atoms with Crippen LogP contribution in [0.4, 0.5) is 11.8 Å². The minimum atomic E-state index is -0.834. The number of nitrogen functional groups attached to an aromatic ring is 1. The molecule has 0 amide bonds. The van der Waals surface area contributed by atoms with E-state index in [1.165, 1.54) is 0 Å². The van der Waals surface area contributed by atoms with Gasteiger partial charge in [-0.1, -0.05) is 0 Å². The van der Waals surface area contributed by atoms with E-state index in [2.05, 4.69) is 24.8 Å². The summed E-state index contributed by atoms with van der Waals surface area (Å²) in [5, 5.41) is 9.02. The quantitative estimate of drug-likeness (QED) is 0.840. The Bertz CT molecular complexity index is 752. The van der Waals surface area contributed by atoms with Crippen LogP contribution in [-0.2, 0) is 11.2 Å². The van der Waals surface area contributed by atoms with Crippen LogP contribution in [0.25, 0.3) is 0 Å². The molecule has 132 valence electrons. The van der Waals surface area contributed by atoms with Crippen molar-refractivity contribution < 1.29 is 9.90 Å². The molecule has 1 atom stereocenters. The molecule has 3 rings (SSSR count). The molecule has 1 fully saturated rings. The zero-order chi connectivity index (χ0) is 17.8. The van der Waals surface area contributed by atoms with Crippen molar-refractivity contribution in [2.75, 3.05) is 23.7 Å². The summed E-state index contributed by atoms with van der Waals surface area (Å²) in [6, 6.07) is 1.94. The lowest BCUT2D eigenvalue weighted by molar-refractivity contribution is -0.136. The van der Waals surface area contributed by atoms with E-state index in [0.717, 1.165) is 48.7 Å². The number of nitrogens with zero attached hydrogens (tertiary/aromatic N) is 5. The molecule has 0 bridgehead atoms. The molecule has 0 radical (unpaired) electrons. The molecule has 1 aliphatic heterocycles. The minimum absolute atomic E-state index is 0.0459. The fourth-order valence-corrected chi connectivity index (χ4v) is 3.34. The molecule has 0 aliphatic carbocycles. The number of rotatable bonds is 5. The van der Waals surface area contributed by atoms with E-state index >= 15 is 0 Å². The monoisotopic (exact) mass is 342 g/mol. The highest BCUT2D eigenvalue weighted by Gasteiger charge is 2.26. The molecule has 2 aromatic heterocycles. The number of nitrogens with two attached hydrogens (primary N) is 1. The smallest absolute Gasteiger partial charge is 0.303 e. The van der Waals surface area contributed by atoms with Crippen LogP contribution in [0.5, 0.6) is 0 Å². The highest BCUT2D eigenvalue weighted by atomic mass is 16.4. The van der Waals surface area contributed by atoms with Crippen molar-refractivity contribution >= 4 is 17.7 Å². The highest BCUT2D eigenvalue weighted by Crippen LogP contribution is 2.31. The lowest BCUT2D eigenvalue weighted by Gasteiger charge is -2.34. The summed E-state index contributed by atoms with van der Waals surface area (Å²) in [5.41, 5.74) is 8.47. The Morgan fingerprint density at radius 1 is 1.44 bits per heavy atom.